The molecule has 0 fully saturated rings. The predicted octanol–water partition coefficient (Wildman–Crippen LogP) is 2.03. The van der Waals surface area contributed by atoms with E-state index in [4.69, 9.17) is 4.74 Å². The predicted molar refractivity (Wildman–Crippen MR) is 35.7 cm³/mol. The van der Waals surface area contributed by atoms with E-state index in [2.05, 4.69) is 6.92 Å². The lowest BCUT2D eigenvalue weighted by molar-refractivity contribution is 0.143. The molecule has 0 atom stereocenters. The molecule has 1 radical (unpaired) electrons. The SMILES string of the molecule is [CH2]CCCCOCC. The number of hydrogen-bond donors (Lipinski definition) is 0. The number of ether oxygens (including phenoxy) is 1. The quantitative estimate of drug-likeness (QED) is 0.498. The van der Waals surface area contributed by atoms with Crippen LogP contribution in [0.5, 0.6) is 0 Å². The molecule has 0 heterocycles. The Kier molecular flexibility index (Phi) is 6.93. The van der Waals surface area contributed by atoms with Crippen LogP contribution >= 0.6 is 0 Å². The summed E-state index contributed by atoms with van der Waals surface area (Å²) in [6, 6.07) is 0. The van der Waals surface area contributed by atoms with Crippen LogP contribution in [0.2, 0.25) is 0 Å². The summed E-state index contributed by atoms with van der Waals surface area (Å²) in [5.74, 6) is 0. The van der Waals surface area contributed by atoms with Gasteiger partial charge in [-0.25, -0.2) is 0 Å². The lowest BCUT2D eigenvalue weighted by Gasteiger charge is -1.96. The van der Waals surface area contributed by atoms with Crippen molar-refractivity contribution in [3.8, 4) is 0 Å². The van der Waals surface area contributed by atoms with Gasteiger partial charge in [0.15, 0.2) is 0 Å². The van der Waals surface area contributed by atoms with E-state index >= 15 is 0 Å². The highest BCUT2D eigenvalue weighted by molar-refractivity contribution is 4.40. The molecule has 0 spiro atoms. The summed E-state index contributed by atoms with van der Waals surface area (Å²) in [5, 5.41) is 0. The molecule has 0 unspecified atom stereocenters. The van der Waals surface area contributed by atoms with Gasteiger partial charge in [0, 0.05) is 13.2 Å². The van der Waals surface area contributed by atoms with E-state index in [9.17, 15) is 0 Å². The Hall–Kier alpha value is -0.0400. The molecule has 1 nitrogen and oxygen atoms in total. The number of unbranched alkanes of at least 4 members (excludes halogenated alkanes) is 2. The van der Waals surface area contributed by atoms with Crippen molar-refractivity contribution in [1.82, 2.24) is 0 Å². The Morgan fingerprint density at radius 2 is 2.12 bits per heavy atom. The molecular weight excluding hydrogens is 100 g/mol. The minimum atomic E-state index is 0.844. The van der Waals surface area contributed by atoms with Crippen molar-refractivity contribution in [2.24, 2.45) is 0 Å². The molecule has 0 rings (SSSR count). The number of rotatable bonds is 5. The van der Waals surface area contributed by atoms with Crippen LogP contribution in [-0.4, -0.2) is 13.2 Å². The van der Waals surface area contributed by atoms with Gasteiger partial charge in [-0.2, -0.15) is 0 Å². The average molecular weight is 115 g/mol. The summed E-state index contributed by atoms with van der Waals surface area (Å²) < 4.78 is 5.11. The van der Waals surface area contributed by atoms with Crippen molar-refractivity contribution >= 4 is 0 Å². The fourth-order valence-corrected chi connectivity index (χ4v) is 0.525. The van der Waals surface area contributed by atoms with Gasteiger partial charge in [-0.3, -0.25) is 0 Å². The molecule has 0 amide bonds. The maximum absolute atomic E-state index is 5.11. The molecule has 0 aliphatic rings. The van der Waals surface area contributed by atoms with E-state index in [0.29, 0.717) is 0 Å². The normalized spacial score (nSPS) is 9.75. The first-order chi connectivity index (χ1) is 3.91. The zero-order valence-corrected chi connectivity index (χ0v) is 5.65. The van der Waals surface area contributed by atoms with Gasteiger partial charge < -0.3 is 4.74 Å². The maximum atomic E-state index is 5.11. The summed E-state index contributed by atoms with van der Waals surface area (Å²) in [7, 11) is 0. The second-order valence-electron chi connectivity index (χ2n) is 1.76. The molecule has 0 aromatic rings. The molecule has 0 aromatic carbocycles. The smallest absolute Gasteiger partial charge is 0.0465 e. The minimum absolute atomic E-state index is 0.844. The third kappa shape index (κ3) is 5.96. The highest BCUT2D eigenvalue weighted by Gasteiger charge is 1.82. The molecule has 8 heavy (non-hydrogen) atoms. The van der Waals surface area contributed by atoms with Crippen LogP contribution in [0.3, 0.4) is 0 Å². The van der Waals surface area contributed by atoms with Crippen molar-refractivity contribution in [2.45, 2.75) is 26.2 Å². The second-order valence-corrected chi connectivity index (χ2v) is 1.76. The molecule has 0 saturated carbocycles. The summed E-state index contributed by atoms with van der Waals surface area (Å²) in [4.78, 5) is 0. The van der Waals surface area contributed by atoms with Crippen LogP contribution < -0.4 is 0 Å². The monoisotopic (exact) mass is 115 g/mol. The minimum Gasteiger partial charge on any atom is -0.382 e. The molecule has 1 heteroatoms. The molecular formula is C7H15O. The van der Waals surface area contributed by atoms with Gasteiger partial charge >= 0.3 is 0 Å². The van der Waals surface area contributed by atoms with Gasteiger partial charge in [0.2, 0.25) is 0 Å². The van der Waals surface area contributed by atoms with Crippen LogP contribution in [0, 0.1) is 6.92 Å². The van der Waals surface area contributed by atoms with E-state index < -0.39 is 0 Å². The summed E-state index contributed by atoms with van der Waals surface area (Å²) in [6.07, 6.45) is 3.39. The van der Waals surface area contributed by atoms with Gasteiger partial charge in [-0.05, 0) is 13.3 Å². The molecule has 0 N–H and O–H groups in total. The van der Waals surface area contributed by atoms with Crippen LogP contribution in [0.4, 0.5) is 0 Å². The van der Waals surface area contributed by atoms with E-state index in [0.717, 1.165) is 26.1 Å². The lowest BCUT2D eigenvalue weighted by atomic mass is 10.3. The Labute approximate surface area is 52.0 Å². The third-order valence-corrected chi connectivity index (χ3v) is 0.993. The van der Waals surface area contributed by atoms with Gasteiger partial charge in [0.1, 0.15) is 0 Å². The van der Waals surface area contributed by atoms with Crippen LogP contribution in [-0.2, 0) is 4.74 Å². The molecule has 0 aliphatic heterocycles. The van der Waals surface area contributed by atoms with Gasteiger partial charge in [-0.15, -0.1) is 0 Å². The van der Waals surface area contributed by atoms with E-state index in [1.807, 2.05) is 6.92 Å². The van der Waals surface area contributed by atoms with Crippen LogP contribution in [0.25, 0.3) is 0 Å². The highest BCUT2D eigenvalue weighted by atomic mass is 16.5. The zero-order valence-electron chi connectivity index (χ0n) is 5.65. The van der Waals surface area contributed by atoms with Gasteiger partial charge in [0.05, 0.1) is 0 Å². The van der Waals surface area contributed by atoms with Crippen molar-refractivity contribution in [1.29, 1.82) is 0 Å². The van der Waals surface area contributed by atoms with Crippen molar-refractivity contribution in [3.63, 3.8) is 0 Å². The second kappa shape index (κ2) is 6.96. The number of hydrogen-bond acceptors (Lipinski definition) is 1. The van der Waals surface area contributed by atoms with Crippen molar-refractivity contribution in [2.75, 3.05) is 13.2 Å². The molecule has 0 saturated heterocycles. The topological polar surface area (TPSA) is 9.23 Å². The molecule has 49 valence electrons. The summed E-state index contributed by atoms with van der Waals surface area (Å²) >= 11 is 0. The van der Waals surface area contributed by atoms with Crippen molar-refractivity contribution in [3.05, 3.63) is 6.92 Å². The van der Waals surface area contributed by atoms with Crippen LogP contribution in [0.15, 0.2) is 0 Å². The molecule has 0 bridgehead atoms. The van der Waals surface area contributed by atoms with E-state index in [-0.39, 0.29) is 0 Å². The van der Waals surface area contributed by atoms with Gasteiger partial charge in [-0.1, -0.05) is 19.8 Å². The van der Waals surface area contributed by atoms with Crippen LogP contribution in [0.1, 0.15) is 26.2 Å². The standard InChI is InChI=1S/C7H15O/c1-3-5-6-7-8-4-2/h1,3-7H2,2H3. The first-order valence-corrected chi connectivity index (χ1v) is 3.28. The summed E-state index contributed by atoms with van der Waals surface area (Å²) in [6.45, 7) is 7.50. The lowest BCUT2D eigenvalue weighted by Crippen LogP contribution is -1.91. The Morgan fingerprint density at radius 3 is 2.62 bits per heavy atom. The maximum Gasteiger partial charge on any atom is 0.0465 e. The van der Waals surface area contributed by atoms with E-state index in [1.165, 1.54) is 6.42 Å². The first-order valence-electron chi connectivity index (χ1n) is 3.28. The Bertz CT molecular complexity index is 29.4. The fourth-order valence-electron chi connectivity index (χ4n) is 0.525. The largest absolute Gasteiger partial charge is 0.382 e. The Morgan fingerprint density at radius 1 is 1.38 bits per heavy atom. The highest BCUT2D eigenvalue weighted by Crippen LogP contribution is 1.92. The summed E-state index contributed by atoms with van der Waals surface area (Å²) in [5.41, 5.74) is 0. The average Bonchev–Trinajstić information content (AvgIpc) is 1.81. The Balaban J connectivity index is 2.53. The zero-order chi connectivity index (χ0) is 6.24. The first kappa shape index (κ1) is 7.96. The fraction of sp³-hybridized carbons (Fsp3) is 0.857. The third-order valence-electron chi connectivity index (χ3n) is 0.993. The van der Waals surface area contributed by atoms with E-state index in [1.54, 1.807) is 0 Å². The molecule has 0 aliphatic carbocycles. The van der Waals surface area contributed by atoms with Crippen molar-refractivity contribution < 1.29 is 4.74 Å². The van der Waals surface area contributed by atoms with Gasteiger partial charge in [0.25, 0.3) is 0 Å². The molecule has 0 aromatic heterocycles.